The minimum Gasteiger partial charge on any atom is -0.462 e. The SMILES string of the molecule is [B]c1cccc(Cn2cc(C(=O)OCC)c(=O)c3ccc(C)nc32)n1. The third-order valence-electron chi connectivity index (χ3n) is 3.72. The van der Waals surface area contributed by atoms with E-state index < -0.39 is 11.4 Å². The molecule has 6 nitrogen and oxygen atoms in total. The molecule has 3 rings (SSSR count). The maximum Gasteiger partial charge on any atom is 0.343 e. The highest BCUT2D eigenvalue weighted by atomic mass is 16.5. The number of ether oxygens (including phenoxy) is 1. The molecule has 0 amide bonds. The Labute approximate surface area is 145 Å². The van der Waals surface area contributed by atoms with Crippen molar-refractivity contribution in [3.63, 3.8) is 0 Å². The molecule has 0 aliphatic rings. The van der Waals surface area contributed by atoms with Gasteiger partial charge in [0.25, 0.3) is 0 Å². The summed E-state index contributed by atoms with van der Waals surface area (Å²) in [7, 11) is 5.73. The van der Waals surface area contributed by atoms with Crippen molar-refractivity contribution in [1.82, 2.24) is 14.5 Å². The fraction of sp³-hybridized carbons (Fsp3) is 0.222. The normalized spacial score (nSPS) is 10.8. The number of carbonyl (C=O) groups is 1. The zero-order valence-electron chi connectivity index (χ0n) is 14.0. The van der Waals surface area contributed by atoms with Crippen LogP contribution in [0.5, 0.6) is 0 Å². The first kappa shape index (κ1) is 16.9. The van der Waals surface area contributed by atoms with Gasteiger partial charge in [0, 0.05) is 11.9 Å². The lowest BCUT2D eigenvalue weighted by atomic mass is 10.0. The van der Waals surface area contributed by atoms with E-state index in [1.54, 1.807) is 35.8 Å². The van der Waals surface area contributed by atoms with Gasteiger partial charge in [0.05, 0.1) is 24.2 Å². The van der Waals surface area contributed by atoms with Crippen LogP contribution in [-0.4, -0.2) is 35.0 Å². The van der Waals surface area contributed by atoms with E-state index in [0.29, 0.717) is 28.9 Å². The number of nitrogens with zero attached hydrogens (tertiary/aromatic N) is 3. The van der Waals surface area contributed by atoms with Crippen LogP contribution >= 0.6 is 0 Å². The van der Waals surface area contributed by atoms with E-state index in [1.807, 2.05) is 13.0 Å². The lowest BCUT2D eigenvalue weighted by molar-refractivity contribution is 0.0524. The second-order valence-electron chi connectivity index (χ2n) is 5.60. The molecule has 0 N–H and O–H groups in total. The Bertz CT molecular complexity index is 1010. The largest absolute Gasteiger partial charge is 0.462 e. The monoisotopic (exact) mass is 333 g/mol. The lowest BCUT2D eigenvalue weighted by Gasteiger charge is -2.13. The van der Waals surface area contributed by atoms with Gasteiger partial charge in [-0.05, 0) is 37.6 Å². The highest BCUT2D eigenvalue weighted by molar-refractivity contribution is 6.30. The number of hydrogen-bond donors (Lipinski definition) is 0. The molecule has 0 aliphatic carbocycles. The molecular formula is C18H16BN3O3. The van der Waals surface area contributed by atoms with E-state index >= 15 is 0 Å². The van der Waals surface area contributed by atoms with Crippen LogP contribution in [0.4, 0.5) is 0 Å². The van der Waals surface area contributed by atoms with Gasteiger partial charge in [0.2, 0.25) is 5.43 Å². The average molecular weight is 333 g/mol. The van der Waals surface area contributed by atoms with Crippen molar-refractivity contribution in [3.05, 3.63) is 63.7 Å². The molecule has 7 heteroatoms. The molecule has 3 aromatic rings. The average Bonchev–Trinajstić information content (AvgIpc) is 2.57. The Kier molecular flexibility index (Phi) is 4.65. The van der Waals surface area contributed by atoms with E-state index in [9.17, 15) is 9.59 Å². The quantitative estimate of drug-likeness (QED) is 0.528. The maximum absolute atomic E-state index is 12.6. The zero-order chi connectivity index (χ0) is 18.0. The molecule has 0 saturated heterocycles. The number of rotatable bonds is 4. The Morgan fingerprint density at radius 2 is 2.04 bits per heavy atom. The van der Waals surface area contributed by atoms with Crippen molar-refractivity contribution < 1.29 is 9.53 Å². The second kappa shape index (κ2) is 6.89. The first-order chi connectivity index (χ1) is 12.0. The Morgan fingerprint density at radius 1 is 1.24 bits per heavy atom. The third-order valence-corrected chi connectivity index (χ3v) is 3.72. The van der Waals surface area contributed by atoms with E-state index in [2.05, 4.69) is 9.97 Å². The summed E-state index contributed by atoms with van der Waals surface area (Å²) in [6.45, 7) is 4.05. The molecule has 25 heavy (non-hydrogen) atoms. The lowest BCUT2D eigenvalue weighted by Crippen LogP contribution is -2.22. The Hall–Kier alpha value is -2.96. The van der Waals surface area contributed by atoms with Gasteiger partial charge in [-0.3, -0.25) is 9.78 Å². The number of hydrogen-bond acceptors (Lipinski definition) is 5. The predicted octanol–water partition coefficient (Wildman–Crippen LogP) is 1.12. The smallest absolute Gasteiger partial charge is 0.343 e. The van der Waals surface area contributed by atoms with Crippen LogP contribution in [0.3, 0.4) is 0 Å². The standard InChI is InChI=1S/C18H16BN3O3/c1-3-25-18(24)14-10-22(9-12-5-4-6-15(19)21-12)17-13(16(14)23)8-7-11(2)20-17/h4-8,10H,3,9H2,1-2H3. The number of aromatic nitrogens is 3. The van der Waals surface area contributed by atoms with Crippen molar-refractivity contribution in [3.8, 4) is 0 Å². The number of carbonyl (C=O) groups excluding carboxylic acids is 1. The van der Waals surface area contributed by atoms with Gasteiger partial charge in [-0.25, -0.2) is 9.78 Å². The number of pyridine rings is 3. The summed E-state index contributed by atoms with van der Waals surface area (Å²) >= 11 is 0. The van der Waals surface area contributed by atoms with Crippen LogP contribution in [0.25, 0.3) is 11.0 Å². The summed E-state index contributed by atoms with van der Waals surface area (Å²) < 4.78 is 6.72. The molecule has 0 aromatic carbocycles. The van der Waals surface area contributed by atoms with Gasteiger partial charge in [0.1, 0.15) is 19.1 Å². The van der Waals surface area contributed by atoms with Gasteiger partial charge in [-0.1, -0.05) is 12.1 Å². The van der Waals surface area contributed by atoms with Crippen LogP contribution in [0, 0.1) is 6.92 Å². The van der Waals surface area contributed by atoms with Gasteiger partial charge >= 0.3 is 5.97 Å². The predicted molar refractivity (Wildman–Crippen MR) is 95.4 cm³/mol. The summed E-state index contributed by atoms with van der Waals surface area (Å²) in [5.41, 5.74) is 1.94. The maximum atomic E-state index is 12.6. The molecule has 124 valence electrons. The number of aryl methyl sites for hydroxylation is 1. The Balaban J connectivity index is 2.21. The van der Waals surface area contributed by atoms with Crippen molar-refractivity contribution in [2.24, 2.45) is 0 Å². The Morgan fingerprint density at radius 3 is 2.76 bits per heavy atom. The molecule has 0 spiro atoms. The molecule has 0 bridgehead atoms. The first-order valence-corrected chi connectivity index (χ1v) is 7.89. The van der Waals surface area contributed by atoms with Gasteiger partial charge < -0.3 is 9.30 Å². The summed E-state index contributed by atoms with van der Waals surface area (Å²) in [4.78, 5) is 33.5. The summed E-state index contributed by atoms with van der Waals surface area (Å²) in [5, 5.41) is 0.361. The van der Waals surface area contributed by atoms with Crippen molar-refractivity contribution in [1.29, 1.82) is 0 Å². The van der Waals surface area contributed by atoms with Crippen molar-refractivity contribution in [2.45, 2.75) is 20.4 Å². The zero-order valence-corrected chi connectivity index (χ0v) is 14.0. The first-order valence-electron chi connectivity index (χ1n) is 7.89. The van der Waals surface area contributed by atoms with Crippen LogP contribution < -0.4 is 11.0 Å². The molecular weight excluding hydrogens is 317 g/mol. The van der Waals surface area contributed by atoms with E-state index in [0.717, 1.165) is 5.69 Å². The minimum atomic E-state index is -0.649. The molecule has 3 aromatic heterocycles. The minimum absolute atomic E-state index is 0.0242. The molecule has 0 fully saturated rings. The number of fused-ring (bicyclic) bond motifs is 1. The summed E-state index contributed by atoms with van der Waals surface area (Å²) in [6.07, 6.45) is 1.47. The van der Waals surface area contributed by atoms with Gasteiger partial charge in [-0.2, -0.15) is 0 Å². The molecule has 0 unspecified atom stereocenters. The van der Waals surface area contributed by atoms with Crippen LogP contribution in [-0.2, 0) is 11.3 Å². The van der Waals surface area contributed by atoms with Crippen LogP contribution in [0.1, 0.15) is 28.7 Å². The van der Waals surface area contributed by atoms with Crippen LogP contribution in [0.2, 0.25) is 0 Å². The van der Waals surface area contributed by atoms with E-state index in [1.165, 1.54) is 6.20 Å². The van der Waals surface area contributed by atoms with Crippen LogP contribution in [0.15, 0.2) is 41.3 Å². The van der Waals surface area contributed by atoms with Crippen molar-refractivity contribution >= 4 is 30.4 Å². The van der Waals surface area contributed by atoms with E-state index in [-0.39, 0.29) is 12.2 Å². The third kappa shape index (κ3) is 3.45. The summed E-state index contributed by atoms with van der Waals surface area (Å²) in [6, 6.07) is 8.72. The molecule has 3 heterocycles. The van der Waals surface area contributed by atoms with Crippen molar-refractivity contribution in [2.75, 3.05) is 6.61 Å². The van der Waals surface area contributed by atoms with Gasteiger partial charge in [0.15, 0.2) is 0 Å². The van der Waals surface area contributed by atoms with Gasteiger partial charge in [-0.15, -0.1) is 0 Å². The molecule has 0 atom stereocenters. The fourth-order valence-corrected chi connectivity index (χ4v) is 2.60. The van der Waals surface area contributed by atoms with E-state index in [4.69, 9.17) is 12.6 Å². The number of esters is 1. The molecule has 0 aliphatic heterocycles. The molecule has 2 radical (unpaired) electrons. The summed E-state index contributed by atoms with van der Waals surface area (Å²) in [5.74, 6) is -0.649. The highest BCUT2D eigenvalue weighted by Crippen LogP contribution is 2.13. The molecule has 0 saturated carbocycles. The highest BCUT2D eigenvalue weighted by Gasteiger charge is 2.17. The fourth-order valence-electron chi connectivity index (χ4n) is 2.60. The second-order valence-corrected chi connectivity index (χ2v) is 5.60. The topological polar surface area (TPSA) is 74.1 Å².